The van der Waals surface area contributed by atoms with Crippen LogP contribution in [0.1, 0.15) is 19.8 Å². The van der Waals surface area contributed by atoms with Gasteiger partial charge >= 0.3 is 5.97 Å². The molecule has 0 saturated carbocycles. The summed E-state index contributed by atoms with van der Waals surface area (Å²) in [6, 6.07) is 0. The molecule has 0 radical (unpaired) electrons. The molecule has 0 aromatic rings. The molecular formula is C11H12O3. The first-order chi connectivity index (χ1) is 6.69. The summed E-state index contributed by atoms with van der Waals surface area (Å²) in [5, 5.41) is 8.89. The summed E-state index contributed by atoms with van der Waals surface area (Å²) in [5.74, 6) is 0.522. The summed E-state index contributed by atoms with van der Waals surface area (Å²) >= 11 is 0. The lowest BCUT2D eigenvalue weighted by Gasteiger charge is -2.13. The quantitative estimate of drug-likeness (QED) is 0.693. The highest BCUT2D eigenvalue weighted by Gasteiger charge is 2.19. The van der Waals surface area contributed by atoms with Gasteiger partial charge in [0.2, 0.25) is 0 Å². The standard InChI is InChI=1S/C11H12O3/c1-2-10(11(13)14)9-5-3-8(7-12)4-6-9/h3,5-6,10H,2,4H2,1H3,(H,13,14). The average Bonchev–Trinajstić information content (AvgIpc) is 2.19. The first-order valence-electron chi connectivity index (χ1n) is 4.54. The lowest BCUT2D eigenvalue weighted by atomic mass is 9.91. The van der Waals surface area contributed by atoms with Gasteiger partial charge in [-0.1, -0.05) is 19.1 Å². The Kier molecular flexibility index (Phi) is 3.43. The van der Waals surface area contributed by atoms with Crippen LogP contribution in [0.5, 0.6) is 0 Å². The predicted molar refractivity (Wildman–Crippen MR) is 52.5 cm³/mol. The third-order valence-electron chi connectivity index (χ3n) is 2.27. The molecule has 0 aromatic heterocycles. The van der Waals surface area contributed by atoms with E-state index in [2.05, 4.69) is 0 Å². The monoisotopic (exact) mass is 192 g/mol. The highest BCUT2D eigenvalue weighted by molar-refractivity contribution is 5.75. The van der Waals surface area contributed by atoms with Gasteiger partial charge in [-0.3, -0.25) is 4.79 Å². The van der Waals surface area contributed by atoms with Gasteiger partial charge in [0.05, 0.1) is 5.92 Å². The molecule has 0 fully saturated rings. The third kappa shape index (κ3) is 2.21. The number of carboxylic acids is 1. The molecule has 0 aliphatic heterocycles. The van der Waals surface area contributed by atoms with E-state index in [0.29, 0.717) is 18.4 Å². The van der Waals surface area contributed by atoms with Crippen LogP contribution < -0.4 is 0 Å². The van der Waals surface area contributed by atoms with E-state index in [-0.39, 0.29) is 0 Å². The van der Waals surface area contributed by atoms with E-state index in [1.54, 1.807) is 24.2 Å². The van der Waals surface area contributed by atoms with Crippen molar-refractivity contribution in [3.8, 4) is 0 Å². The number of allylic oxidation sites excluding steroid dienone is 4. The van der Waals surface area contributed by atoms with E-state index in [0.717, 1.165) is 5.57 Å². The molecule has 14 heavy (non-hydrogen) atoms. The van der Waals surface area contributed by atoms with Crippen molar-refractivity contribution in [2.45, 2.75) is 19.8 Å². The molecule has 1 aliphatic rings. The number of carboxylic acid groups (broad SMARTS) is 1. The Morgan fingerprint density at radius 2 is 2.36 bits per heavy atom. The highest BCUT2D eigenvalue weighted by Crippen LogP contribution is 2.22. The van der Waals surface area contributed by atoms with Gasteiger partial charge in [0.1, 0.15) is 5.94 Å². The fourth-order valence-corrected chi connectivity index (χ4v) is 1.45. The summed E-state index contributed by atoms with van der Waals surface area (Å²) in [6.07, 6.45) is 6.15. The summed E-state index contributed by atoms with van der Waals surface area (Å²) in [7, 11) is 0. The first kappa shape index (κ1) is 10.5. The maximum absolute atomic E-state index is 10.8. The number of rotatable bonds is 3. The van der Waals surface area contributed by atoms with Crippen molar-refractivity contribution in [1.29, 1.82) is 0 Å². The van der Waals surface area contributed by atoms with Gasteiger partial charge in [0.25, 0.3) is 0 Å². The Hall–Kier alpha value is -1.60. The maximum Gasteiger partial charge on any atom is 0.310 e. The number of hydrogen-bond acceptors (Lipinski definition) is 2. The molecule has 0 spiro atoms. The molecule has 1 N–H and O–H groups in total. The van der Waals surface area contributed by atoms with Gasteiger partial charge in [0, 0.05) is 12.0 Å². The van der Waals surface area contributed by atoms with Crippen LogP contribution in [0.4, 0.5) is 0 Å². The molecule has 3 heteroatoms. The lowest BCUT2D eigenvalue weighted by molar-refractivity contribution is -0.140. The van der Waals surface area contributed by atoms with Crippen LogP contribution in [0.25, 0.3) is 0 Å². The second-order valence-electron chi connectivity index (χ2n) is 3.17. The van der Waals surface area contributed by atoms with Gasteiger partial charge in [-0.15, -0.1) is 0 Å². The van der Waals surface area contributed by atoms with Crippen molar-refractivity contribution in [2.75, 3.05) is 0 Å². The predicted octanol–water partition coefficient (Wildman–Crippen LogP) is 1.74. The van der Waals surface area contributed by atoms with Crippen molar-refractivity contribution < 1.29 is 14.7 Å². The summed E-state index contributed by atoms with van der Waals surface area (Å²) in [5.41, 5.74) is 1.34. The molecular weight excluding hydrogens is 180 g/mol. The largest absolute Gasteiger partial charge is 0.481 e. The molecule has 1 atom stereocenters. The lowest BCUT2D eigenvalue weighted by Crippen LogP contribution is -2.15. The molecule has 0 bridgehead atoms. The van der Waals surface area contributed by atoms with Gasteiger partial charge < -0.3 is 5.11 Å². The minimum atomic E-state index is -0.818. The van der Waals surface area contributed by atoms with E-state index in [1.165, 1.54) is 0 Å². The Morgan fingerprint density at radius 3 is 2.71 bits per heavy atom. The van der Waals surface area contributed by atoms with E-state index >= 15 is 0 Å². The molecule has 1 rings (SSSR count). The molecule has 3 nitrogen and oxygen atoms in total. The van der Waals surface area contributed by atoms with Crippen molar-refractivity contribution in [2.24, 2.45) is 5.92 Å². The topological polar surface area (TPSA) is 54.4 Å². The number of carbonyl (C=O) groups is 1. The highest BCUT2D eigenvalue weighted by atomic mass is 16.4. The Bertz CT molecular complexity index is 344. The van der Waals surface area contributed by atoms with E-state index in [4.69, 9.17) is 5.11 Å². The normalized spacial score (nSPS) is 17.2. The second kappa shape index (κ2) is 4.58. The van der Waals surface area contributed by atoms with Crippen LogP contribution >= 0.6 is 0 Å². The van der Waals surface area contributed by atoms with Crippen molar-refractivity contribution in [1.82, 2.24) is 0 Å². The van der Waals surface area contributed by atoms with Crippen LogP contribution in [0.15, 0.2) is 29.4 Å². The number of hydrogen-bond donors (Lipinski definition) is 1. The third-order valence-corrected chi connectivity index (χ3v) is 2.27. The minimum Gasteiger partial charge on any atom is -0.481 e. The van der Waals surface area contributed by atoms with Crippen LogP contribution in [0.2, 0.25) is 0 Å². The smallest absolute Gasteiger partial charge is 0.310 e. The van der Waals surface area contributed by atoms with Crippen molar-refractivity contribution in [3.63, 3.8) is 0 Å². The Balaban J connectivity index is 2.82. The Labute approximate surface area is 82.4 Å². The molecule has 1 aliphatic carbocycles. The summed E-state index contributed by atoms with van der Waals surface area (Å²) < 4.78 is 0. The van der Waals surface area contributed by atoms with Crippen LogP contribution in [-0.4, -0.2) is 17.0 Å². The zero-order valence-corrected chi connectivity index (χ0v) is 7.99. The van der Waals surface area contributed by atoms with E-state index in [9.17, 15) is 9.59 Å². The van der Waals surface area contributed by atoms with Crippen molar-refractivity contribution >= 4 is 11.9 Å². The SMILES string of the molecule is CCC(C(=O)O)C1=CCC(=C=O)C=C1. The van der Waals surface area contributed by atoms with Gasteiger partial charge in [-0.05, 0) is 18.1 Å². The summed E-state index contributed by atoms with van der Waals surface area (Å²) in [4.78, 5) is 21.1. The van der Waals surface area contributed by atoms with E-state index < -0.39 is 11.9 Å². The number of carbonyl (C=O) groups excluding carboxylic acids is 1. The Morgan fingerprint density at radius 1 is 1.64 bits per heavy atom. The molecule has 0 amide bonds. The van der Waals surface area contributed by atoms with Crippen LogP contribution in [0, 0.1) is 5.92 Å². The van der Waals surface area contributed by atoms with Crippen LogP contribution in [-0.2, 0) is 9.59 Å². The fourth-order valence-electron chi connectivity index (χ4n) is 1.45. The average molecular weight is 192 g/mol. The second-order valence-corrected chi connectivity index (χ2v) is 3.17. The molecule has 0 aromatic carbocycles. The zero-order valence-electron chi connectivity index (χ0n) is 7.99. The summed E-state index contributed by atoms with van der Waals surface area (Å²) in [6.45, 7) is 1.83. The minimum absolute atomic E-state index is 0.459. The van der Waals surface area contributed by atoms with E-state index in [1.807, 2.05) is 6.92 Å². The first-order valence-corrected chi connectivity index (χ1v) is 4.54. The van der Waals surface area contributed by atoms with Crippen LogP contribution in [0.3, 0.4) is 0 Å². The number of aliphatic carboxylic acids is 1. The van der Waals surface area contributed by atoms with Gasteiger partial charge in [0.15, 0.2) is 0 Å². The fraction of sp³-hybridized carbons (Fsp3) is 0.364. The van der Waals surface area contributed by atoms with Gasteiger partial charge in [-0.2, -0.15) is 0 Å². The van der Waals surface area contributed by atoms with Crippen molar-refractivity contribution in [3.05, 3.63) is 29.4 Å². The molecule has 74 valence electrons. The maximum atomic E-state index is 10.8. The molecule has 1 unspecified atom stereocenters. The molecule has 0 saturated heterocycles. The zero-order chi connectivity index (χ0) is 10.6. The van der Waals surface area contributed by atoms with Gasteiger partial charge in [-0.25, -0.2) is 4.79 Å². The molecule has 0 heterocycles.